The molecule has 1 heterocycles. The van der Waals surface area contributed by atoms with Gasteiger partial charge in [-0.1, -0.05) is 0 Å². The van der Waals surface area contributed by atoms with E-state index in [1.54, 1.807) is 4.90 Å². The van der Waals surface area contributed by atoms with Crippen LogP contribution >= 0.6 is 0 Å². The lowest BCUT2D eigenvalue weighted by Gasteiger charge is -2.23. The van der Waals surface area contributed by atoms with E-state index in [-0.39, 0.29) is 18.4 Å². The van der Waals surface area contributed by atoms with Crippen molar-refractivity contribution in [3.05, 3.63) is 0 Å². The molecule has 1 aliphatic heterocycles. The number of ether oxygens (including phenoxy) is 1. The summed E-state index contributed by atoms with van der Waals surface area (Å²) in [6.45, 7) is 1.12. The fourth-order valence-corrected chi connectivity index (χ4v) is 1.79. The van der Waals surface area contributed by atoms with E-state index in [1.165, 1.54) is 7.11 Å². The van der Waals surface area contributed by atoms with Crippen LogP contribution in [0, 0.1) is 5.92 Å². The Morgan fingerprint density at radius 3 is 2.73 bits per heavy atom. The number of rotatable bonds is 5. The molecule has 1 fully saturated rings. The Kier molecular flexibility index (Phi) is 4.05. The molecular formula is C9H16N2O4. The predicted octanol–water partition coefficient (Wildman–Crippen LogP) is -1.11. The van der Waals surface area contributed by atoms with Gasteiger partial charge in [0.2, 0.25) is 5.91 Å². The van der Waals surface area contributed by atoms with Gasteiger partial charge < -0.3 is 15.6 Å². The molecule has 86 valence electrons. The summed E-state index contributed by atoms with van der Waals surface area (Å²) in [5.74, 6) is -1.52. The second kappa shape index (κ2) is 5.09. The SMILES string of the molecule is COCC(C(=O)O)N1CCC(C(N)=O)C1. The number of carbonyl (C=O) groups is 2. The number of likely N-dealkylation sites (tertiary alicyclic amines) is 1. The normalized spacial score (nSPS) is 23.9. The second-order valence-corrected chi connectivity index (χ2v) is 3.69. The minimum Gasteiger partial charge on any atom is -0.480 e. The second-order valence-electron chi connectivity index (χ2n) is 3.69. The minimum absolute atomic E-state index is 0.126. The summed E-state index contributed by atoms with van der Waals surface area (Å²) in [4.78, 5) is 23.6. The van der Waals surface area contributed by atoms with Crippen molar-refractivity contribution in [3.63, 3.8) is 0 Å². The number of carbonyl (C=O) groups excluding carboxylic acids is 1. The Bertz CT molecular complexity index is 256. The molecule has 2 unspecified atom stereocenters. The third kappa shape index (κ3) is 2.90. The van der Waals surface area contributed by atoms with Gasteiger partial charge in [0.15, 0.2) is 0 Å². The Balaban J connectivity index is 2.56. The number of carboxylic acids is 1. The summed E-state index contributed by atoms with van der Waals surface area (Å²) >= 11 is 0. The molecule has 6 heteroatoms. The van der Waals surface area contributed by atoms with Crippen molar-refractivity contribution in [3.8, 4) is 0 Å². The standard InChI is InChI=1S/C9H16N2O4/c1-15-5-7(9(13)14)11-3-2-6(4-11)8(10)12/h6-7H,2-5H2,1H3,(H2,10,12)(H,13,14). The topological polar surface area (TPSA) is 92.9 Å². The molecule has 0 bridgehead atoms. The molecule has 0 spiro atoms. The van der Waals surface area contributed by atoms with Crippen LogP contribution in [0.25, 0.3) is 0 Å². The molecule has 1 rings (SSSR count). The Morgan fingerprint density at radius 1 is 1.67 bits per heavy atom. The molecule has 0 aromatic carbocycles. The highest BCUT2D eigenvalue weighted by atomic mass is 16.5. The van der Waals surface area contributed by atoms with Crippen LogP contribution in [0.5, 0.6) is 0 Å². The summed E-state index contributed by atoms with van der Waals surface area (Å²) in [7, 11) is 1.46. The van der Waals surface area contributed by atoms with Crippen LogP contribution in [-0.2, 0) is 14.3 Å². The summed E-state index contributed by atoms with van der Waals surface area (Å²) in [6.07, 6.45) is 0.628. The average Bonchev–Trinajstić information content (AvgIpc) is 2.62. The summed E-state index contributed by atoms with van der Waals surface area (Å²) < 4.78 is 4.83. The third-order valence-corrected chi connectivity index (χ3v) is 2.67. The maximum atomic E-state index is 10.9. The first-order valence-electron chi connectivity index (χ1n) is 4.81. The molecule has 2 atom stereocenters. The molecule has 1 amide bonds. The van der Waals surface area contributed by atoms with Gasteiger partial charge in [-0.2, -0.15) is 0 Å². The lowest BCUT2D eigenvalue weighted by atomic mass is 10.1. The van der Waals surface area contributed by atoms with Gasteiger partial charge in [-0.05, 0) is 13.0 Å². The Morgan fingerprint density at radius 2 is 2.33 bits per heavy atom. The number of hydrogen-bond donors (Lipinski definition) is 2. The number of carboxylic acid groups (broad SMARTS) is 1. The van der Waals surface area contributed by atoms with Crippen LogP contribution in [0.3, 0.4) is 0 Å². The number of aliphatic carboxylic acids is 1. The summed E-state index contributed by atoms with van der Waals surface area (Å²) in [5.41, 5.74) is 5.17. The van der Waals surface area contributed by atoms with Crippen molar-refractivity contribution in [2.24, 2.45) is 11.7 Å². The minimum atomic E-state index is -0.929. The van der Waals surface area contributed by atoms with E-state index in [0.717, 1.165) is 0 Å². The number of primary amides is 1. The first-order chi connectivity index (χ1) is 7.06. The van der Waals surface area contributed by atoms with Gasteiger partial charge in [0.05, 0.1) is 12.5 Å². The molecule has 6 nitrogen and oxygen atoms in total. The van der Waals surface area contributed by atoms with Crippen LogP contribution in [0.4, 0.5) is 0 Å². The van der Waals surface area contributed by atoms with Gasteiger partial charge in [0.1, 0.15) is 6.04 Å². The van der Waals surface area contributed by atoms with Crippen molar-refractivity contribution in [2.75, 3.05) is 26.8 Å². The molecule has 0 aromatic rings. The number of hydrogen-bond acceptors (Lipinski definition) is 4. The van der Waals surface area contributed by atoms with Gasteiger partial charge >= 0.3 is 5.97 Å². The number of nitrogens with two attached hydrogens (primary N) is 1. The predicted molar refractivity (Wildman–Crippen MR) is 52.2 cm³/mol. The molecule has 1 aliphatic rings. The highest BCUT2D eigenvalue weighted by Crippen LogP contribution is 2.18. The van der Waals surface area contributed by atoms with Crippen molar-refractivity contribution in [2.45, 2.75) is 12.5 Å². The lowest BCUT2D eigenvalue weighted by Crippen LogP contribution is -2.43. The third-order valence-electron chi connectivity index (χ3n) is 2.67. The summed E-state index contributed by atoms with van der Waals surface area (Å²) in [6, 6.07) is -0.681. The van der Waals surface area contributed by atoms with Crippen LogP contribution in [0.15, 0.2) is 0 Å². The monoisotopic (exact) mass is 216 g/mol. The van der Waals surface area contributed by atoms with E-state index >= 15 is 0 Å². The van der Waals surface area contributed by atoms with E-state index in [4.69, 9.17) is 15.6 Å². The van der Waals surface area contributed by atoms with Gasteiger partial charge in [-0.3, -0.25) is 14.5 Å². The van der Waals surface area contributed by atoms with Gasteiger partial charge in [0.25, 0.3) is 0 Å². The van der Waals surface area contributed by atoms with Gasteiger partial charge in [0, 0.05) is 13.7 Å². The zero-order chi connectivity index (χ0) is 11.4. The first kappa shape index (κ1) is 11.9. The van der Waals surface area contributed by atoms with Gasteiger partial charge in [-0.25, -0.2) is 0 Å². The molecule has 0 aromatic heterocycles. The zero-order valence-electron chi connectivity index (χ0n) is 8.68. The van der Waals surface area contributed by atoms with E-state index in [1.807, 2.05) is 0 Å². The van der Waals surface area contributed by atoms with Crippen LogP contribution < -0.4 is 5.73 Å². The van der Waals surface area contributed by atoms with E-state index < -0.39 is 12.0 Å². The molecule has 0 aliphatic carbocycles. The maximum Gasteiger partial charge on any atom is 0.323 e. The Hall–Kier alpha value is -1.14. The van der Waals surface area contributed by atoms with Gasteiger partial charge in [-0.15, -0.1) is 0 Å². The largest absolute Gasteiger partial charge is 0.480 e. The highest BCUT2D eigenvalue weighted by molar-refractivity contribution is 5.78. The van der Waals surface area contributed by atoms with Crippen molar-refractivity contribution in [1.82, 2.24) is 4.90 Å². The van der Waals surface area contributed by atoms with E-state index in [0.29, 0.717) is 19.5 Å². The van der Waals surface area contributed by atoms with E-state index in [2.05, 4.69) is 0 Å². The fraction of sp³-hybridized carbons (Fsp3) is 0.778. The van der Waals surface area contributed by atoms with Crippen molar-refractivity contribution in [1.29, 1.82) is 0 Å². The van der Waals surface area contributed by atoms with Crippen molar-refractivity contribution >= 4 is 11.9 Å². The molecule has 0 saturated carbocycles. The Labute approximate surface area is 88.0 Å². The number of methoxy groups -OCH3 is 1. The number of amides is 1. The maximum absolute atomic E-state index is 10.9. The molecule has 0 radical (unpaired) electrons. The van der Waals surface area contributed by atoms with E-state index in [9.17, 15) is 9.59 Å². The highest BCUT2D eigenvalue weighted by Gasteiger charge is 2.34. The molecule has 3 N–H and O–H groups in total. The smallest absolute Gasteiger partial charge is 0.323 e. The lowest BCUT2D eigenvalue weighted by molar-refractivity contribution is -0.145. The van der Waals surface area contributed by atoms with Crippen molar-refractivity contribution < 1.29 is 19.4 Å². The van der Waals surface area contributed by atoms with Crippen LogP contribution in [0.2, 0.25) is 0 Å². The van der Waals surface area contributed by atoms with Crippen LogP contribution in [0.1, 0.15) is 6.42 Å². The first-order valence-corrected chi connectivity index (χ1v) is 4.81. The summed E-state index contributed by atoms with van der Waals surface area (Å²) in [5, 5.41) is 8.95. The molecule has 15 heavy (non-hydrogen) atoms. The molecule has 1 saturated heterocycles. The number of nitrogens with zero attached hydrogens (tertiary/aromatic N) is 1. The average molecular weight is 216 g/mol. The van der Waals surface area contributed by atoms with Crippen LogP contribution in [-0.4, -0.2) is 54.7 Å². The fourth-order valence-electron chi connectivity index (χ4n) is 1.79. The molecular weight excluding hydrogens is 200 g/mol. The quantitative estimate of drug-likeness (QED) is 0.608. The zero-order valence-corrected chi connectivity index (χ0v) is 8.68.